The van der Waals surface area contributed by atoms with E-state index in [1.807, 2.05) is 54.6 Å². The average molecular weight is 498 g/mol. The molecular weight excluding hydrogens is 485 g/mol. The van der Waals surface area contributed by atoms with Crippen molar-refractivity contribution in [3.63, 3.8) is 0 Å². The predicted octanol–water partition coefficient (Wildman–Crippen LogP) is -0.490. The molecule has 0 aliphatic carbocycles. The van der Waals surface area contributed by atoms with Gasteiger partial charge in [-0.1, -0.05) is 42.5 Å². The second kappa shape index (κ2) is 25.9. The van der Waals surface area contributed by atoms with E-state index in [0.717, 1.165) is 11.4 Å². The zero-order valence-corrected chi connectivity index (χ0v) is 17.9. The molecule has 0 aliphatic rings. The fourth-order valence-electron chi connectivity index (χ4n) is 1.53. The van der Waals surface area contributed by atoms with E-state index in [4.69, 9.17) is 39.2 Å². The van der Waals surface area contributed by atoms with Gasteiger partial charge in [0.05, 0.1) is 18.0 Å². The van der Waals surface area contributed by atoms with Crippen LogP contribution in [0.5, 0.6) is 0 Å². The maximum absolute atomic E-state index is 8.49. The van der Waals surface area contributed by atoms with Gasteiger partial charge in [-0.15, -0.1) is 10.2 Å². The Balaban J connectivity index is -0.000000172. The van der Waals surface area contributed by atoms with E-state index in [-0.39, 0.29) is 17.1 Å². The molecule has 0 aliphatic heterocycles. The van der Waals surface area contributed by atoms with Crippen LogP contribution in [0.4, 0.5) is 5.69 Å². The molecule has 165 valence electrons. The van der Waals surface area contributed by atoms with Gasteiger partial charge >= 0.3 is 33.9 Å². The fraction of sp³-hybridized carbons (Fsp3) is 0. The molecule has 32 heavy (non-hydrogen) atoms. The first kappa shape index (κ1) is 36.3. The molecule has 0 atom stereocenters. The van der Waals surface area contributed by atoms with Gasteiger partial charge in [0.1, 0.15) is 0 Å². The Bertz CT molecular complexity index is 841. The van der Waals surface area contributed by atoms with Crippen molar-refractivity contribution in [1.82, 2.24) is 9.97 Å². The number of hydrogen-bond donors (Lipinski definition) is 0. The van der Waals surface area contributed by atoms with Crippen molar-refractivity contribution in [2.75, 3.05) is 0 Å². The molecule has 1 radical (unpaired) electrons. The fourth-order valence-corrected chi connectivity index (χ4v) is 1.53. The molecule has 1 aromatic carbocycles. The van der Waals surface area contributed by atoms with Crippen molar-refractivity contribution in [1.29, 1.82) is 0 Å². The third-order valence-corrected chi connectivity index (χ3v) is 2.48. The van der Waals surface area contributed by atoms with E-state index < -0.39 is 10.2 Å². The maximum Gasteiger partial charge on any atom is 0.0886 e. The van der Waals surface area contributed by atoms with Gasteiger partial charge in [0.2, 0.25) is 0 Å². The molecule has 0 bridgehead atoms. The van der Waals surface area contributed by atoms with Crippen LogP contribution in [-0.4, -0.2) is 9.97 Å². The Morgan fingerprint density at radius 3 is 1.16 bits per heavy atom. The molecule has 0 saturated carbocycles. The molecule has 0 spiro atoms. The summed E-state index contributed by atoms with van der Waals surface area (Å²) in [5.41, 5.74) is 2.53. The van der Waals surface area contributed by atoms with Crippen molar-refractivity contribution < 1.29 is 59.9 Å². The van der Waals surface area contributed by atoms with Crippen molar-refractivity contribution in [3.8, 4) is 11.4 Å². The van der Waals surface area contributed by atoms with E-state index in [1.54, 1.807) is 24.5 Å². The van der Waals surface area contributed by atoms with Crippen LogP contribution in [0.1, 0.15) is 0 Å². The molecular formula is C20H13ClMnN3O7-. The first-order chi connectivity index (χ1) is 14.9. The van der Waals surface area contributed by atoms with Crippen LogP contribution < -0.4 is 18.6 Å². The van der Waals surface area contributed by atoms with Gasteiger partial charge in [-0.2, -0.15) is 0 Å². The van der Waals surface area contributed by atoms with Crippen LogP contribution in [-0.2, 0) is 31.0 Å². The number of nitrogens with zero attached hydrogens (tertiary/aromatic N) is 3. The molecule has 12 heteroatoms. The molecule has 10 nitrogen and oxygen atoms in total. The molecule has 0 N–H and O–H groups in total. The third kappa shape index (κ3) is 24.9. The Kier molecular flexibility index (Phi) is 29.4. The minimum atomic E-state index is -4.94. The van der Waals surface area contributed by atoms with Gasteiger partial charge in [-0.3, -0.25) is 9.97 Å². The molecule has 0 unspecified atom stereocenters. The summed E-state index contributed by atoms with van der Waals surface area (Å²) in [5.74, 6) is 0. The Morgan fingerprint density at radius 1 is 0.625 bits per heavy atom. The van der Waals surface area contributed by atoms with Gasteiger partial charge < -0.3 is 0 Å². The Morgan fingerprint density at radius 2 is 0.938 bits per heavy atom. The van der Waals surface area contributed by atoms with Crippen molar-refractivity contribution in [3.05, 3.63) is 110 Å². The molecule has 3 rings (SSSR count). The summed E-state index contributed by atoms with van der Waals surface area (Å²) in [6.07, 6.45) is 3.54. The summed E-state index contributed by atoms with van der Waals surface area (Å²) in [4.78, 5) is 11.6. The number of halogens is 1. The third-order valence-electron chi connectivity index (χ3n) is 2.48. The predicted molar refractivity (Wildman–Crippen MR) is 92.0 cm³/mol. The standard InChI is InChI=1S/C10H8N2.C7H5N.3CO.ClHO4.Mn/c1-3-7-11-9(5-1)10-6-2-4-8-12-10;1-8-7-5-3-2-4-6-7;3*1-2;2-1(3,4)5;/h1-8H;2-6H;;;;(H,2,3,4,5);/p-1. The number of aromatic nitrogens is 2. The summed E-state index contributed by atoms with van der Waals surface area (Å²) in [6.45, 7) is 20.1. The van der Waals surface area contributed by atoms with Crippen LogP contribution in [0, 0.1) is 36.8 Å². The van der Waals surface area contributed by atoms with Crippen molar-refractivity contribution in [2.24, 2.45) is 0 Å². The summed E-state index contributed by atoms with van der Waals surface area (Å²) in [7, 11) is -4.94. The normalized spacial score (nSPS) is 7.66. The minimum Gasteiger partial charge on any atom is -0.255 e. The van der Waals surface area contributed by atoms with Gasteiger partial charge in [-0.05, 0) is 24.3 Å². The summed E-state index contributed by atoms with van der Waals surface area (Å²) < 4.78 is 56.5. The molecule has 2 aromatic heterocycles. The number of benzene rings is 1. The largest absolute Gasteiger partial charge is 0.255 e. The molecule has 2 heterocycles. The van der Waals surface area contributed by atoms with Gasteiger partial charge in [0.25, 0.3) is 0 Å². The SMILES string of the molecule is [C-]#[N+]c1ccccc1.[C-]#[O+].[C-]#[O+].[C-]#[O+].[Mn].[O-][Cl+3]([O-])([O-])[O-].c1ccc(-c2ccccn2)nc1. The first-order valence-corrected chi connectivity index (χ1v) is 8.61. The minimum absolute atomic E-state index is 0. The second-order valence-electron chi connectivity index (χ2n) is 4.26. The van der Waals surface area contributed by atoms with Crippen molar-refractivity contribution in [2.45, 2.75) is 0 Å². The van der Waals surface area contributed by atoms with E-state index in [0.29, 0.717) is 5.69 Å². The zero-order valence-electron chi connectivity index (χ0n) is 16.0. The maximum atomic E-state index is 8.49. The topological polar surface area (TPSA) is 182 Å². The summed E-state index contributed by atoms with van der Waals surface area (Å²) in [5, 5.41) is 0. The quantitative estimate of drug-likeness (QED) is 0.248. The average Bonchev–Trinajstić information content (AvgIpc) is 2.84. The van der Waals surface area contributed by atoms with E-state index in [9.17, 15) is 0 Å². The summed E-state index contributed by atoms with van der Waals surface area (Å²) >= 11 is 0. The molecule has 0 amide bonds. The van der Waals surface area contributed by atoms with Gasteiger partial charge in [0.15, 0.2) is 5.69 Å². The smallest absolute Gasteiger partial charge is 0.0886 e. The van der Waals surface area contributed by atoms with Crippen LogP contribution >= 0.6 is 0 Å². The van der Waals surface area contributed by atoms with E-state index in [2.05, 4.69) is 34.8 Å². The molecule has 0 fully saturated rings. The van der Waals surface area contributed by atoms with Gasteiger partial charge in [-0.25, -0.2) is 23.5 Å². The Labute approximate surface area is 197 Å². The van der Waals surface area contributed by atoms with Crippen LogP contribution in [0.25, 0.3) is 16.2 Å². The zero-order chi connectivity index (χ0) is 24.5. The number of pyridine rings is 2. The van der Waals surface area contributed by atoms with Crippen LogP contribution in [0.15, 0.2) is 79.1 Å². The van der Waals surface area contributed by atoms with Crippen LogP contribution in [0.2, 0.25) is 0 Å². The molecule has 3 aromatic rings. The number of para-hydroxylation sites is 1. The number of hydrogen-bond acceptors (Lipinski definition) is 6. The monoisotopic (exact) mass is 497 g/mol. The second-order valence-corrected chi connectivity index (χ2v) is 5.01. The van der Waals surface area contributed by atoms with Crippen molar-refractivity contribution >= 4 is 5.69 Å². The number of rotatable bonds is 1. The Hall–Kier alpha value is -3.12. The van der Waals surface area contributed by atoms with E-state index >= 15 is 0 Å². The van der Waals surface area contributed by atoms with Crippen LogP contribution in [0.3, 0.4) is 0 Å². The first-order valence-electron chi connectivity index (χ1n) is 7.38. The molecule has 0 saturated heterocycles. The van der Waals surface area contributed by atoms with E-state index in [1.165, 1.54) is 0 Å². The summed E-state index contributed by atoms with van der Waals surface area (Å²) in [6, 6.07) is 20.8. The van der Waals surface area contributed by atoms with Gasteiger partial charge in [0, 0.05) is 29.5 Å².